The summed E-state index contributed by atoms with van der Waals surface area (Å²) in [5.74, 6) is 0. The lowest BCUT2D eigenvalue weighted by molar-refractivity contribution is 0.615. The van der Waals surface area contributed by atoms with E-state index < -0.39 is 11.0 Å². The molecule has 1 aromatic carbocycles. The normalized spacial score (nSPS) is 18.0. The zero-order chi connectivity index (χ0) is 13.3. The Morgan fingerprint density at radius 2 is 2.11 bits per heavy atom. The van der Waals surface area contributed by atoms with E-state index in [1.807, 2.05) is 20.8 Å². The molecule has 0 radical (unpaired) electrons. The first-order chi connectivity index (χ1) is 8.39. The highest BCUT2D eigenvalue weighted by Gasteiger charge is 2.24. The van der Waals surface area contributed by atoms with E-state index in [0.717, 1.165) is 13.0 Å². The Kier molecular flexibility index (Phi) is 3.78. The highest BCUT2D eigenvalue weighted by atomic mass is 32.2. The van der Waals surface area contributed by atoms with Crippen LogP contribution in [0.1, 0.15) is 44.9 Å². The maximum Gasteiger partial charge on any atom is 0.0975 e. The van der Waals surface area contributed by atoms with E-state index >= 15 is 0 Å². The van der Waals surface area contributed by atoms with Gasteiger partial charge in [0.1, 0.15) is 0 Å². The second kappa shape index (κ2) is 5.02. The van der Waals surface area contributed by atoms with Gasteiger partial charge in [0.05, 0.1) is 15.7 Å². The number of rotatable bonds is 3. The Bertz CT molecular complexity index is 465. The molecule has 4 heteroatoms. The summed E-state index contributed by atoms with van der Waals surface area (Å²) in [6, 6.07) is 6.41. The van der Waals surface area contributed by atoms with Crippen LogP contribution < -0.4 is 10.0 Å². The highest BCUT2D eigenvalue weighted by Crippen LogP contribution is 2.29. The number of anilines is 1. The van der Waals surface area contributed by atoms with E-state index in [-0.39, 0.29) is 10.8 Å². The van der Waals surface area contributed by atoms with Crippen LogP contribution in [-0.4, -0.2) is 15.5 Å². The molecule has 0 spiro atoms. The minimum atomic E-state index is -1.03. The van der Waals surface area contributed by atoms with Crippen LogP contribution in [0.3, 0.4) is 0 Å². The van der Waals surface area contributed by atoms with E-state index in [0.29, 0.717) is 0 Å². The van der Waals surface area contributed by atoms with Crippen LogP contribution in [0, 0.1) is 0 Å². The number of fused-ring (bicyclic) bond motifs is 1. The van der Waals surface area contributed by atoms with Crippen molar-refractivity contribution >= 4 is 16.7 Å². The van der Waals surface area contributed by atoms with E-state index in [2.05, 4.69) is 35.2 Å². The summed E-state index contributed by atoms with van der Waals surface area (Å²) in [7, 11) is -1.03. The molecule has 1 aliphatic rings. The molecule has 18 heavy (non-hydrogen) atoms. The number of nitrogens with one attached hydrogen (secondary N) is 2. The van der Waals surface area contributed by atoms with Gasteiger partial charge in [-0.25, -0.2) is 8.93 Å². The molecule has 1 aromatic rings. The van der Waals surface area contributed by atoms with Crippen molar-refractivity contribution in [1.82, 2.24) is 4.72 Å². The molecule has 1 aliphatic heterocycles. The Hall–Kier alpha value is -0.870. The maximum atomic E-state index is 12.1. The fourth-order valence-corrected chi connectivity index (χ4v) is 2.98. The van der Waals surface area contributed by atoms with Gasteiger partial charge < -0.3 is 5.32 Å². The largest absolute Gasteiger partial charge is 0.384 e. The molecule has 2 rings (SSSR count). The third-order valence-corrected chi connectivity index (χ3v) is 4.89. The van der Waals surface area contributed by atoms with Gasteiger partial charge >= 0.3 is 0 Å². The molecular formula is C14H22N2OS. The average Bonchev–Trinajstić information content (AvgIpc) is 2.74. The molecule has 0 saturated heterocycles. The van der Waals surface area contributed by atoms with Crippen LogP contribution in [0.25, 0.3) is 0 Å². The third kappa shape index (κ3) is 2.75. The number of hydrogen-bond donors (Lipinski definition) is 2. The summed E-state index contributed by atoms with van der Waals surface area (Å²) in [4.78, 5) is 0. The first-order valence-electron chi connectivity index (χ1n) is 6.43. The molecule has 0 aromatic heterocycles. The van der Waals surface area contributed by atoms with Gasteiger partial charge in [0.15, 0.2) is 0 Å². The van der Waals surface area contributed by atoms with Gasteiger partial charge in [-0.15, -0.1) is 0 Å². The summed E-state index contributed by atoms with van der Waals surface area (Å²) >= 11 is 0. The molecule has 0 bridgehead atoms. The minimum absolute atomic E-state index is 0.111. The van der Waals surface area contributed by atoms with Gasteiger partial charge in [-0.2, -0.15) is 0 Å². The van der Waals surface area contributed by atoms with Crippen molar-refractivity contribution in [3.05, 3.63) is 29.3 Å². The SMILES string of the molecule is C[C@@H](N[S@](=O)C(C)(C)C)c1cccc2c1CCN2. The molecule has 0 saturated carbocycles. The lowest BCUT2D eigenvalue weighted by Gasteiger charge is -2.23. The van der Waals surface area contributed by atoms with Crippen LogP contribution in [0.4, 0.5) is 5.69 Å². The average molecular weight is 266 g/mol. The summed E-state index contributed by atoms with van der Waals surface area (Å²) in [6.45, 7) is 9.04. The van der Waals surface area contributed by atoms with Crippen molar-refractivity contribution < 1.29 is 4.21 Å². The third-order valence-electron chi connectivity index (χ3n) is 3.21. The van der Waals surface area contributed by atoms with E-state index in [1.54, 1.807) is 0 Å². The summed E-state index contributed by atoms with van der Waals surface area (Å²) < 4.78 is 15.1. The van der Waals surface area contributed by atoms with Gasteiger partial charge in [-0.3, -0.25) is 0 Å². The lowest BCUT2D eigenvalue weighted by Crippen LogP contribution is -2.35. The van der Waals surface area contributed by atoms with Crippen molar-refractivity contribution in [3.63, 3.8) is 0 Å². The summed E-state index contributed by atoms with van der Waals surface area (Å²) in [5, 5.41) is 3.38. The predicted octanol–water partition coefficient (Wildman–Crippen LogP) is 2.77. The molecule has 2 N–H and O–H groups in total. The molecule has 2 atom stereocenters. The topological polar surface area (TPSA) is 41.1 Å². The van der Waals surface area contributed by atoms with Crippen molar-refractivity contribution in [3.8, 4) is 0 Å². The molecule has 0 amide bonds. The van der Waals surface area contributed by atoms with Crippen molar-refractivity contribution in [2.24, 2.45) is 0 Å². The highest BCUT2D eigenvalue weighted by molar-refractivity contribution is 7.84. The van der Waals surface area contributed by atoms with Crippen LogP contribution in [-0.2, 0) is 17.4 Å². The Balaban J connectivity index is 2.18. The van der Waals surface area contributed by atoms with Crippen molar-refractivity contribution in [2.45, 2.75) is 44.9 Å². The number of hydrogen-bond acceptors (Lipinski definition) is 2. The Morgan fingerprint density at radius 1 is 1.39 bits per heavy atom. The van der Waals surface area contributed by atoms with Gasteiger partial charge in [-0.05, 0) is 51.3 Å². The van der Waals surface area contributed by atoms with Gasteiger partial charge in [-0.1, -0.05) is 12.1 Å². The molecule has 0 fully saturated rings. The molecule has 0 aliphatic carbocycles. The molecular weight excluding hydrogens is 244 g/mol. The van der Waals surface area contributed by atoms with Crippen molar-refractivity contribution in [2.75, 3.05) is 11.9 Å². The monoisotopic (exact) mass is 266 g/mol. The van der Waals surface area contributed by atoms with E-state index in [4.69, 9.17) is 0 Å². The van der Waals surface area contributed by atoms with Crippen LogP contribution in [0.5, 0.6) is 0 Å². The van der Waals surface area contributed by atoms with E-state index in [1.165, 1.54) is 16.8 Å². The number of benzene rings is 1. The van der Waals surface area contributed by atoms with Gasteiger partial charge in [0.2, 0.25) is 0 Å². The molecule has 1 heterocycles. The predicted molar refractivity (Wildman–Crippen MR) is 78.1 cm³/mol. The van der Waals surface area contributed by atoms with Crippen LogP contribution in [0.2, 0.25) is 0 Å². The zero-order valence-corrected chi connectivity index (χ0v) is 12.4. The summed E-state index contributed by atoms with van der Waals surface area (Å²) in [6.07, 6.45) is 1.06. The quantitative estimate of drug-likeness (QED) is 0.883. The van der Waals surface area contributed by atoms with Gasteiger partial charge in [0, 0.05) is 18.3 Å². The fraction of sp³-hybridized carbons (Fsp3) is 0.571. The summed E-state index contributed by atoms with van der Waals surface area (Å²) in [5.41, 5.74) is 3.85. The van der Waals surface area contributed by atoms with Crippen LogP contribution >= 0.6 is 0 Å². The lowest BCUT2D eigenvalue weighted by atomic mass is 10.00. The molecule has 100 valence electrons. The maximum absolute atomic E-state index is 12.1. The zero-order valence-electron chi connectivity index (χ0n) is 11.5. The van der Waals surface area contributed by atoms with Gasteiger partial charge in [0.25, 0.3) is 0 Å². The minimum Gasteiger partial charge on any atom is -0.384 e. The second-order valence-corrected chi connectivity index (χ2v) is 7.77. The first-order valence-corrected chi connectivity index (χ1v) is 7.58. The second-order valence-electron chi connectivity index (χ2n) is 5.77. The standard InChI is InChI=1S/C14H22N2OS/c1-10(16-18(17)14(2,3)4)11-6-5-7-13-12(11)8-9-15-13/h5-7,10,15-16H,8-9H2,1-4H3/t10-,18-/m1/s1. The molecule has 3 nitrogen and oxygen atoms in total. The molecule has 0 unspecified atom stereocenters. The van der Waals surface area contributed by atoms with E-state index in [9.17, 15) is 4.21 Å². The first kappa shape index (κ1) is 13.6. The smallest absolute Gasteiger partial charge is 0.0975 e. The van der Waals surface area contributed by atoms with Crippen molar-refractivity contribution in [1.29, 1.82) is 0 Å². The Morgan fingerprint density at radius 3 is 2.78 bits per heavy atom. The van der Waals surface area contributed by atoms with Crippen LogP contribution in [0.15, 0.2) is 18.2 Å². The fourth-order valence-electron chi connectivity index (χ4n) is 2.18. The Labute approximate surface area is 112 Å².